The number of sulfonamides is 1. The van der Waals surface area contributed by atoms with Crippen LogP contribution in [0.15, 0.2) is 83.8 Å². The minimum atomic E-state index is -4.12. The van der Waals surface area contributed by atoms with Gasteiger partial charge in [0.05, 0.1) is 16.6 Å². The standard InChI is InChI=1S/C27H29FN2O4S/c1-3-27(4-2)18-24(23-12-8-9-13-25(23)34-27)29-26(31)19-30(21-10-6-5-7-11-21)35(32,33)22-16-14-20(28)15-17-22/h5-17,24H,3-4,18-19H2,1-2H3,(H,29,31). The molecule has 3 aromatic carbocycles. The van der Waals surface area contributed by atoms with Gasteiger partial charge >= 0.3 is 0 Å². The third-order valence-corrected chi connectivity index (χ3v) is 8.34. The number of nitrogens with one attached hydrogen (secondary N) is 1. The van der Waals surface area contributed by atoms with Gasteiger partial charge < -0.3 is 10.1 Å². The van der Waals surface area contributed by atoms with Gasteiger partial charge in [-0.15, -0.1) is 0 Å². The van der Waals surface area contributed by atoms with Gasteiger partial charge in [0.2, 0.25) is 5.91 Å². The van der Waals surface area contributed by atoms with Crippen LogP contribution in [0.2, 0.25) is 0 Å². The number of amides is 1. The first-order valence-electron chi connectivity index (χ1n) is 11.7. The van der Waals surface area contributed by atoms with Crippen molar-refractivity contribution < 1.29 is 22.3 Å². The molecule has 3 aromatic rings. The zero-order valence-corrected chi connectivity index (χ0v) is 20.6. The number of carbonyl (C=O) groups is 1. The Morgan fingerprint density at radius 3 is 2.29 bits per heavy atom. The maximum atomic E-state index is 13.5. The van der Waals surface area contributed by atoms with Crippen LogP contribution in [0.25, 0.3) is 0 Å². The van der Waals surface area contributed by atoms with E-state index in [0.29, 0.717) is 12.1 Å². The summed E-state index contributed by atoms with van der Waals surface area (Å²) in [4.78, 5) is 13.2. The number of para-hydroxylation sites is 2. The molecule has 4 rings (SSSR count). The molecule has 1 N–H and O–H groups in total. The van der Waals surface area contributed by atoms with E-state index < -0.39 is 33.9 Å². The highest BCUT2D eigenvalue weighted by molar-refractivity contribution is 7.92. The Kier molecular flexibility index (Phi) is 7.12. The molecule has 8 heteroatoms. The van der Waals surface area contributed by atoms with E-state index in [1.807, 2.05) is 24.3 Å². The van der Waals surface area contributed by atoms with Crippen molar-refractivity contribution in [1.29, 1.82) is 0 Å². The maximum Gasteiger partial charge on any atom is 0.264 e. The Morgan fingerprint density at radius 1 is 1.00 bits per heavy atom. The van der Waals surface area contributed by atoms with Crippen LogP contribution >= 0.6 is 0 Å². The number of hydrogen-bond acceptors (Lipinski definition) is 4. The van der Waals surface area contributed by atoms with Crippen LogP contribution in [-0.2, 0) is 14.8 Å². The molecular weight excluding hydrogens is 467 g/mol. The van der Waals surface area contributed by atoms with Gasteiger partial charge in [0, 0.05) is 12.0 Å². The molecule has 1 aliphatic heterocycles. The summed E-state index contributed by atoms with van der Waals surface area (Å²) in [7, 11) is -4.12. The van der Waals surface area contributed by atoms with Gasteiger partial charge in [-0.05, 0) is 55.3 Å². The van der Waals surface area contributed by atoms with Gasteiger partial charge in [-0.1, -0.05) is 50.2 Å². The maximum absolute atomic E-state index is 13.5. The quantitative estimate of drug-likeness (QED) is 0.464. The van der Waals surface area contributed by atoms with E-state index in [-0.39, 0.29) is 10.9 Å². The van der Waals surface area contributed by atoms with E-state index in [0.717, 1.165) is 40.6 Å². The minimum Gasteiger partial charge on any atom is -0.487 e. The van der Waals surface area contributed by atoms with Gasteiger partial charge in [0.15, 0.2) is 0 Å². The van der Waals surface area contributed by atoms with Gasteiger partial charge in [-0.3, -0.25) is 9.10 Å². The number of nitrogens with zero attached hydrogens (tertiary/aromatic N) is 1. The molecule has 1 atom stereocenters. The van der Waals surface area contributed by atoms with Gasteiger partial charge in [-0.2, -0.15) is 0 Å². The molecule has 0 bridgehead atoms. The van der Waals surface area contributed by atoms with Crippen LogP contribution in [0, 0.1) is 5.82 Å². The van der Waals surface area contributed by atoms with Crippen molar-refractivity contribution in [3.05, 3.63) is 90.2 Å². The minimum absolute atomic E-state index is 0.0945. The fraction of sp³-hybridized carbons (Fsp3) is 0.296. The van der Waals surface area contributed by atoms with Crippen molar-refractivity contribution in [2.24, 2.45) is 0 Å². The largest absolute Gasteiger partial charge is 0.487 e. The highest BCUT2D eigenvalue weighted by Gasteiger charge is 2.39. The lowest BCUT2D eigenvalue weighted by molar-refractivity contribution is -0.121. The molecule has 1 unspecified atom stereocenters. The third-order valence-electron chi connectivity index (χ3n) is 6.55. The molecule has 0 saturated carbocycles. The second-order valence-electron chi connectivity index (χ2n) is 8.66. The molecule has 0 aromatic heterocycles. The first kappa shape index (κ1) is 24.7. The second kappa shape index (κ2) is 10.1. The molecule has 0 fully saturated rings. The Labute approximate surface area is 205 Å². The predicted octanol–water partition coefficient (Wildman–Crippen LogP) is 5.22. The molecular formula is C27H29FN2O4S. The van der Waals surface area contributed by atoms with Gasteiger partial charge in [0.25, 0.3) is 10.0 Å². The molecule has 35 heavy (non-hydrogen) atoms. The zero-order chi connectivity index (χ0) is 25.1. The molecule has 1 heterocycles. The lowest BCUT2D eigenvalue weighted by Gasteiger charge is -2.41. The SMILES string of the molecule is CCC1(CC)CC(NC(=O)CN(c2ccccc2)S(=O)(=O)c2ccc(F)cc2)c2ccccc2O1. The van der Waals surface area contributed by atoms with E-state index >= 15 is 0 Å². The Bertz CT molecular complexity index is 1280. The lowest BCUT2D eigenvalue weighted by atomic mass is 9.83. The highest BCUT2D eigenvalue weighted by Crippen LogP contribution is 2.42. The first-order chi connectivity index (χ1) is 16.8. The summed E-state index contributed by atoms with van der Waals surface area (Å²) >= 11 is 0. The summed E-state index contributed by atoms with van der Waals surface area (Å²) < 4.78 is 47.7. The molecule has 0 spiro atoms. The smallest absolute Gasteiger partial charge is 0.264 e. The Hall–Kier alpha value is -3.39. The highest BCUT2D eigenvalue weighted by atomic mass is 32.2. The fourth-order valence-electron chi connectivity index (χ4n) is 4.44. The summed E-state index contributed by atoms with van der Waals surface area (Å²) in [6.07, 6.45) is 2.14. The number of rotatable bonds is 8. The Morgan fingerprint density at radius 2 is 1.63 bits per heavy atom. The first-order valence-corrected chi connectivity index (χ1v) is 13.1. The topological polar surface area (TPSA) is 75.7 Å². The molecule has 1 aliphatic rings. The molecule has 0 saturated heterocycles. The van der Waals surface area contributed by atoms with E-state index in [4.69, 9.17) is 4.74 Å². The molecule has 0 aliphatic carbocycles. The number of anilines is 1. The number of ether oxygens (including phenoxy) is 1. The molecule has 184 valence electrons. The third kappa shape index (κ3) is 5.17. The zero-order valence-electron chi connectivity index (χ0n) is 19.8. The molecule has 0 radical (unpaired) electrons. The number of halogens is 1. The van der Waals surface area contributed by atoms with Crippen molar-refractivity contribution >= 4 is 21.6 Å². The van der Waals surface area contributed by atoms with Crippen molar-refractivity contribution in [1.82, 2.24) is 5.32 Å². The number of fused-ring (bicyclic) bond motifs is 1. The van der Waals surface area contributed by atoms with Crippen molar-refractivity contribution in [3.8, 4) is 5.75 Å². The summed E-state index contributed by atoms with van der Waals surface area (Å²) in [6, 6.07) is 20.3. The van der Waals surface area contributed by atoms with Crippen LogP contribution in [0.3, 0.4) is 0 Å². The van der Waals surface area contributed by atoms with Gasteiger partial charge in [0.1, 0.15) is 23.7 Å². The van der Waals surface area contributed by atoms with E-state index in [1.54, 1.807) is 30.3 Å². The van der Waals surface area contributed by atoms with Gasteiger partial charge in [-0.25, -0.2) is 12.8 Å². The predicted molar refractivity (Wildman–Crippen MR) is 133 cm³/mol. The molecule has 1 amide bonds. The monoisotopic (exact) mass is 496 g/mol. The van der Waals surface area contributed by atoms with Crippen molar-refractivity contribution in [3.63, 3.8) is 0 Å². The van der Waals surface area contributed by atoms with E-state index in [1.165, 1.54) is 12.1 Å². The summed E-state index contributed by atoms with van der Waals surface area (Å²) in [5.74, 6) is -0.254. The van der Waals surface area contributed by atoms with E-state index in [9.17, 15) is 17.6 Å². The van der Waals surface area contributed by atoms with Crippen LogP contribution in [-0.4, -0.2) is 26.5 Å². The normalized spacial score (nSPS) is 16.6. The Balaban J connectivity index is 1.63. The summed E-state index contributed by atoms with van der Waals surface area (Å²) in [6.45, 7) is 3.69. The number of carbonyl (C=O) groups excluding carboxylic acids is 1. The number of hydrogen-bond donors (Lipinski definition) is 1. The second-order valence-corrected chi connectivity index (χ2v) is 10.5. The van der Waals surface area contributed by atoms with Crippen LogP contribution in [0.4, 0.5) is 10.1 Å². The van der Waals surface area contributed by atoms with Crippen LogP contribution in [0.5, 0.6) is 5.75 Å². The average Bonchev–Trinajstić information content (AvgIpc) is 2.87. The number of benzene rings is 3. The van der Waals surface area contributed by atoms with E-state index in [2.05, 4.69) is 19.2 Å². The fourth-order valence-corrected chi connectivity index (χ4v) is 5.86. The lowest BCUT2D eigenvalue weighted by Crippen LogP contribution is -2.47. The van der Waals surface area contributed by atoms with Crippen LogP contribution < -0.4 is 14.4 Å². The summed E-state index contributed by atoms with van der Waals surface area (Å²) in [5.41, 5.74) is 0.799. The van der Waals surface area contributed by atoms with Crippen LogP contribution in [0.1, 0.15) is 44.7 Å². The summed E-state index contributed by atoms with van der Waals surface area (Å²) in [5, 5.41) is 3.05. The van der Waals surface area contributed by atoms with Crippen molar-refractivity contribution in [2.45, 2.75) is 49.6 Å². The van der Waals surface area contributed by atoms with Crippen molar-refractivity contribution in [2.75, 3.05) is 10.8 Å². The average molecular weight is 497 g/mol. The molecule has 6 nitrogen and oxygen atoms in total.